The van der Waals surface area contributed by atoms with Crippen LogP contribution in [0, 0.1) is 5.92 Å². The highest BCUT2D eigenvalue weighted by atomic mass is 16.5. The van der Waals surface area contributed by atoms with Crippen LogP contribution in [0.5, 0.6) is 5.75 Å². The molecular weight excluding hydrogens is 358 g/mol. The molecule has 0 bridgehead atoms. The van der Waals surface area contributed by atoms with Gasteiger partial charge in [0.1, 0.15) is 5.75 Å². The maximum Gasteiger partial charge on any atom is 0.273 e. The van der Waals surface area contributed by atoms with Crippen LogP contribution in [-0.4, -0.2) is 23.8 Å². The van der Waals surface area contributed by atoms with Crippen molar-refractivity contribution in [1.82, 2.24) is 10.9 Å². The molecule has 2 aromatic carbocycles. The predicted molar refractivity (Wildman–Crippen MR) is 105 cm³/mol. The number of nitrogens with one attached hydrogen (secondary N) is 3. The maximum absolute atomic E-state index is 12.4. The molecule has 0 saturated heterocycles. The summed E-state index contributed by atoms with van der Waals surface area (Å²) in [7, 11) is 0. The predicted octanol–water partition coefficient (Wildman–Crippen LogP) is 2.90. The van der Waals surface area contributed by atoms with Gasteiger partial charge < -0.3 is 10.1 Å². The van der Waals surface area contributed by atoms with E-state index in [4.69, 9.17) is 4.74 Å². The lowest BCUT2D eigenvalue weighted by molar-refractivity contribution is -0.117. The average Bonchev–Trinajstić information content (AvgIpc) is 3.52. The van der Waals surface area contributed by atoms with Crippen LogP contribution in [0.1, 0.15) is 47.4 Å². The standard InChI is InChI=1S/C21H23N3O4/c1-13(2)28-18-6-4-3-5-17(18)21(27)24-23-20(26)15-9-11-16(12-10-15)22-19(25)14-7-8-14/h3-6,9-14H,7-8H2,1-2H3,(H,22,25)(H,23,26)(H,24,27). The Kier molecular flexibility index (Phi) is 5.93. The lowest BCUT2D eigenvalue weighted by Gasteiger charge is -2.14. The number of hydrogen-bond acceptors (Lipinski definition) is 4. The summed E-state index contributed by atoms with van der Waals surface area (Å²) in [5.41, 5.74) is 6.10. The Balaban J connectivity index is 1.56. The molecule has 7 nitrogen and oxygen atoms in total. The summed E-state index contributed by atoms with van der Waals surface area (Å²) in [5, 5.41) is 2.81. The van der Waals surface area contributed by atoms with E-state index in [9.17, 15) is 14.4 Å². The molecule has 2 aromatic rings. The highest BCUT2D eigenvalue weighted by molar-refractivity contribution is 6.01. The summed E-state index contributed by atoms with van der Waals surface area (Å²) in [6, 6.07) is 13.3. The van der Waals surface area contributed by atoms with Crippen LogP contribution >= 0.6 is 0 Å². The Morgan fingerprint density at radius 1 is 0.929 bits per heavy atom. The Labute approximate surface area is 163 Å². The van der Waals surface area contributed by atoms with Crippen molar-refractivity contribution in [1.29, 1.82) is 0 Å². The second-order valence-electron chi connectivity index (χ2n) is 6.91. The third-order valence-corrected chi connectivity index (χ3v) is 4.15. The number of anilines is 1. The van der Waals surface area contributed by atoms with E-state index in [1.807, 2.05) is 13.8 Å². The van der Waals surface area contributed by atoms with Crippen molar-refractivity contribution in [2.75, 3.05) is 5.32 Å². The molecule has 0 atom stereocenters. The Hall–Kier alpha value is -3.35. The second kappa shape index (κ2) is 8.56. The van der Waals surface area contributed by atoms with E-state index >= 15 is 0 Å². The fourth-order valence-corrected chi connectivity index (χ4v) is 2.56. The summed E-state index contributed by atoms with van der Waals surface area (Å²) in [4.78, 5) is 36.4. The van der Waals surface area contributed by atoms with Crippen LogP contribution in [0.2, 0.25) is 0 Å². The van der Waals surface area contributed by atoms with Gasteiger partial charge in [-0.05, 0) is 63.1 Å². The van der Waals surface area contributed by atoms with E-state index in [0.717, 1.165) is 12.8 Å². The number of benzene rings is 2. The molecule has 3 rings (SSSR count). The minimum atomic E-state index is -0.474. The number of ether oxygens (including phenoxy) is 1. The molecule has 0 aromatic heterocycles. The number of amides is 3. The van der Waals surface area contributed by atoms with Crippen LogP contribution in [0.4, 0.5) is 5.69 Å². The number of rotatable bonds is 6. The smallest absolute Gasteiger partial charge is 0.273 e. The van der Waals surface area contributed by atoms with Gasteiger partial charge in [-0.15, -0.1) is 0 Å². The molecule has 0 unspecified atom stereocenters. The third kappa shape index (κ3) is 5.09. The summed E-state index contributed by atoms with van der Waals surface area (Å²) in [6.45, 7) is 3.74. The van der Waals surface area contributed by atoms with E-state index in [1.165, 1.54) is 0 Å². The lowest BCUT2D eigenvalue weighted by Crippen LogP contribution is -2.41. The van der Waals surface area contributed by atoms with Crippen molar-refractivity contribution in [2.24, 2.45) is 5.92 Å². The summed E-state index contributed by atoms with van der Waals surface area (Å²) in [6.07, 6.45) is 1.77. The molecule has 3 N–H and O–H groups in total. The Bertz CT molecular complexity index is 873. The molecule has 146 valence electrons. The van der Waals surface area contributed by atoms with Gasteiger partial charge in [0, 0.05) is 17.2 Å². The van der Waals surface area contributed by atoms with Crippen LogP contribution in [-0.2, 0) is 4.79 Å². The Morgan fingerprint density at radius 3 is 2.21 bits per heavy atom. The van der Waals surface area contributed by atoms with Gasteiger partial charge in [-0.1, -0.05) is 12.1 Å². The first-order valence-electron chi connectivity index (χ1n) is 9.21. The second-order valence-corrected chi connectivity index (χ2v) is 6.91. The van der Waals surface area contributed by atoms with Gasteiger partial charge >= 0.3 is 0 Å². The number of hydrogen-bond donors (Lipinski definition) is 3. The molecule has 1 fully saturated rings. The van der Waals surface area contributed by atoms with Crippen LogP contribution in [0.25, 0.3) is 0 Å². The van der Waals surface area contributed by atoms with Gasteiger partial charge in [0.05, 0.1) is 11.7 Å². The molecule has 0 heterocycles. The highest BCUT2D eigenvalue weighted by Gasteiger charge is 2.29. The first-order valence-corrected chi connectivity index (χ1v) is 9.21. The Morgan fingerprint density at radius 2 is 1.57 bits per heavy atom. The molecule has 0 spiro atoms. The monoisotopic (exact) mass is 381 g/mol. The quantitative estimate of drug-likeness (QED) is 0.671. The van der Waals surface area contributed by atoms with E-state index < -0.39 is 11.8 Å². The molecule has 7 heteroatoms. The van der Waals surface area contributed by atoms with Crippen molar-refractivity contribution in [3.63, 3.8) is 0 Å². The topological polar surface area (TPSA) is 96.5 Å². The van der Waals surface area contributed by atoms with E-state index in [-0.39, 0.29) is 17.9 Å². The number of carbonyl (C=O) groups is 3. The zero-order valence-electron chi connectivity index (χ0n) is 15.8. The fraction of sp³-hybridized carbons (Fsp3) is 0.286. The highest BCUT2D eigenvalue weighted by Crippen LogP contribution is 2.30. The van der Waals surface area contributed by atoms with Gasteiger partial charge in [-0.3, -0.25) is 25.2 Å². The van der Waals surface area contributed by atoms with Crippen LogP contribution in [0.15, 0.2) is 48.5 Å². The summed E-state index contributed by atoms with van der Waals surface area (Å²) < 4.78 is 5.62. The van der Waals surface area contributed by atoms with Crippen molar-refractivity contribution in [2.45, 2.75) is 32.8 Å². The first kappa shape index (κ1) is 19.4. The SMILES string of the molecule is CC(C)Oc1ccccc1C(=O)NNC(=O)c1ccc(NC(=O)C2CC2)cc1. The molecule has 1 saturated carbocycles. The number of hydrazine groups is 1. The summed E-state index contributed by atoms with van der Waals surface area (Å²) >= 11 is 0. The molecule has 3 amide bonds. The van der Waals surface area contributed by atoms with Gasteiger partial charge in [0.2, 0.25) is 5.91 Å². The molecule has 0 radical (unpaired) electrons. The number of para-hydroxylation sites is 1. The largest absolute Gasteiger partial charge is 0.490 e. The first-order chi connectivity index (χ1) is 13.4. The third-order valence-electron chi connectivity index (χ3n) is 4.15. The fourth-order valence-electron chi connectivity index (χ4n) is 2.56. The van der Waals surface area contributed by atoms with E-state index in [0.29, 0.717) is 22.6 Å². The van der Waals surface area contributed by atoms with Crippen molar-refractivity contribution < 1.29 is 19.1 Å². The van der Waals surface area contributed by atoms with E-state index in [2.05, 4.69) is 16.2 Å². The zero-order valence-corrected chi connectivity index (χ0v) is 15.8. The minimum Gasteiger partial charge on any atom is -0.490 e. The molecule has 1 aliphatic carbocycles. The normalized spacial score (nSPS) is 13.0. The van der Waals surface area contributed by atoms with Gasteiger partial charge in [0.25, 0.3) is 11.8 Å². The summed E-state index contributed by atoms with van der Waals surface area (Å²) in [5.74, 6) is -0.374. The lowest BCUT2D eigenvalue weighted by atomic mass is 10.2. The maximum atomic E-state index is 12.4. The van der Waals surface area contributed by atoms with Crippen molar-refractivity contribution in [3.8, 4) is 5.75 Å². The zero-order chi connectivity index (χ0) is 20.1. The van der Waals surface area contributed by atoms with Crippen molar-refractivity contribution >= 4 is 23.4 Å². The molecule has 28 heavy (non-hydrogen) atoms. The van der Waals surface area contributed by atoms with Gasteiger partial charge in [-0.2, -0.15) is 0 Å². The minimum absolute atomic E-state index is 0.00625. The number of carbonyl (C=O) groups excluding carboxylic acids is 3. The van der Waals surface area contributed by atoms with Crippen LogP contribution < -0.4 is 20.9 Å². The van der Waals surface area contributed by atoms with Gasteiger partial charge in [0.15, 0.2) is 0 Å². The van der Waals surface area contributed by atoms with E-state index in [1.54, 1.807) is 48.5 Å². The van der Waals surface area contributed by atoms with Crippen molar-refractivity contribution in [3.05, 3.63) is 59.7 Å². The molecule has 1 aliphatic rings. The average molecular weight is 381 g/mol. The van der Waals surface area contributed by atoms with Gasteiger partial charge in [-0.25, -0.2) is 0 Å². The molecular formula is C21H23N3O4. The van der Waals surface area contributed by atoms with Crippen LogP contribution in [0.3, 0.4) is 0 Å². The molecule has 0 aliphatic heterocycles.